The Balaban J connectivity index is 2.24. The van der Waals surface area contributed by atoms with Crippen molar-refractivity contribution in [3.8, 4) is 0 Å². The molecule has 0 spiro atoms. The Morgan fingerprint density at radius 2 is 1.71 bits per heavy atom. The molecule has 92 valence electrons. The summed E-state index contributed by atoms with van der Waals surface area (Å²) < 4.78 is 0. The van der Waals surface area contributed by atoms with Crippen LogP contribution in [0.5, 0.6) is 0 Å². The van der Waals surface area contributed by atoms with E-state index in [1.54, 1.807) is 4.90 Å². The van der Waals surface area contributed by atoms with E-state index in [9.17, 15) is 9.90 Å². The van der Waals surface area contributed by atoms with Gasteiger partial charge in [-0.05, 0) is 44.7 Å². The topological polar surface area (TPSA) is 40.5 Å². The number of benzene rings is 1. The number of carboxylic acid groups (broad SMARTS) is 1. The molecule has 0 radical (unpaired) electrons. The standard InChI is InChI=1S/C14H19NO2/c1-14(2,3)15(13(16)17)12-8-10-6-4-5-7-11(10)9-12/h4-7,12H,8-9H2,1-3H3,(H,16,17). The minimum absolute atomic E-state index is 0.0740. The van der Waals surface area contributed by atoms with Crippen LogP contribution in [0.2, 0.25) is 0 Å². The second kappa shape index (κ2) is 4.06. The molecule has 1 aliphatic rings. The fourth-order valence-electron chi connectivity index (χ4n) is 2.71. The lowest BCUT2D eigenvalue weighted by molar-refractivity contribution is 0.0731. The predicted molar refractivity (Wildman–Crippen MR) is 67.3 cm³/mol. The third kappa shape index (κ3) is 2.28. The molecule has 0 saturated carbocycles. The molecule has 1 amide bonds. The first-order chi connectivity index (χ1) is 7.89. The summed E-state index contributed by atoms with van der Waals surface area (Å²) >= 11 is 0. The number of amides is 1. The lowest BCUT2D eigenvalue weighted by atomic mass is 10.0. The van der Waals surface area contributed by atoms with Gasteiger partial charge in [0.15, 0.2) is 0 Å². The van der Waals surface area contributed by atoms with Gasteiger partial charge in [0, 0.05) is 11.6 Å². The van der Waals surface area contributed by atoms with E-state index in [0.717, 1.165) is 12.8 Å². The van der Waals surface area contributed by atoms with Crippen molar-refractivity contribution in [2.75, 3.05) is 0 Å². The van der Waals surface area contributed by atoms with Gasteiger partial charge in [-0.2, -0.15) is 0 Å². The summed E-state index contributed by atoms with van der Waals surface area (Å²) in [4.78, 5) is 13.0. The first-order valence-electron chi connectivity index (χ1n) is 5.98. The molecule has 3 nitrogen and oxygen atoms in total. The van der Waals surface area contributed by atoms with Crippen LogP contribution in [0, 0.1) is 0 Å². The van der Waals surface area contributed by atoms with Gasteiger partial charge in [0.2, 0.25) is 0 Å². The minimum Gasteiger partial charge on any atom is -0.465 e. The summed E-state index contributed by atoms with van der Waals surface area (Å²) in [6.45, 7) is 5.85. The molecular formula is C14H19NO2. The highest BCUT2D eigenvalue weighted by Gasteiger charge is 2.36. The molecule has 0 aromatic heterocycles. The first-order valence-corrected chi connectivity index (χ1v) is 5.98. The quantitative estimate of drug-likeness (QED) is 0.810. The molecule has 1 aliphatic carbocycles. The van der Waals surface area contributed by atoms with Crippen molar-refractivity contribution >= 4 is 6.09 Å². The second-order valence-corrected chi connectivity index (χ2v) is 5.65. The minimum atomic E-state index is -0.824. The molecule has 3 heteroatoms. The van der Waals surface area contributed by atoms with E-state index in [2.05, 4.69) is 12.1 Å². The first kappa shape index (κ1) is 12.0. The summed E-state index contributed by atoms with van der Waals surface area (Å²) in [6.07, 6.45) is 0.842. The van der Waals surface area contributed by atoms with E-state index < -0.39 is 6.09 Å². The van der Waals surface area contributed by atoms with E-state index in [4.69, 9.17) is 0 Å². The zero-order valence-electron chi connectivity index (χ0n) is 10.6. The van der Waals surface area contributed by atoms with Gasteiger partial charge in [0.05, 0.1) is 0 Å². The maximum atomic E-state index is 11.4. The van der Waals surface area contributed by atoms with Crippen LogP contribution in [-0.2, 0) is 12.8 Å². The molecule has 0 atom stereocenters. The van der Waals surface area contributed by atoms with Crippen LogP contribution in [-0.4, -0.2) is 27.7 Å². The van der Waals surface area contributed by atoms with Crippen LogP contribution in [0.3, 0.4) is 0 Å². The van der Waals surface area contributed by atoms with Gasteiger partial charge < -0.3 is 5.11 Å². The number of nitrogens with zero attached hydrogens (tertiary/aromatic N) is 1. The third-order valence-corrected chi connectivity index (χ3v) is 3.32. The molecule has 17 heavy (non-hydrogen) atoms. The number of carbonyl (C=O) groups is 1. The van der Waals surface area contributed by atoms with Gasteiger partial charge in [-0.1, -0.05) is 24.3 Å². The van der Waals surface area contributed by atoms with Crippen LogP contribution in [0.4, 0.5) is 4.79 Å². The molecule has 0 unspecified atom stereocenters. The highest BCUT2D eigenvalue weighted by atomic mass is 16.4. The molecular weight excluding hydrogens is 214 g/mol. The van der Waals surface area contributed by atoms with Crippen LogP contribution >= 0.6 is 0 Å². The molecule has 1 aromatic carbocycles. The fourth-order valence-corrected chi connectivity index (χ4v) is 2.71. The Morgan fingerprint density at radius 3 is 2.06 bits per heavy atom. The Hall–Kier alpha value is -1.51. The molecule has 0 bridgehead atoms. The molecule has 2 rings (SSSR count). The number of hydrogen-bond donors (Lipinski definition) is 1. The van der Waals surface area contributed by atoms with Gasteiger partial charge in [-0.3, -0.25) is 4.90 Å². The average Bonchev–Trinajstić information content (AvgIpc) is 2.56. The average molecular weight is 233 g/mol. The maximum absolute atomic E-state index is 11.4. The lowest BCUT2D eigenvalue weighted by Gasteiger charge is -2.38. The summed E-state index contributed by atoms with van der Waals surface area (Å²) in [5, 5.41) is 9.37. The Morgan fingerprint density at radius 1 is 1.24 bits per heavy atom. The summed E-state index contributed by atoms with van der Waals surface area (Å²) in [7, 11) is 0. The highest BCUT2D eigenvalue weighted by Crippen LogP contribution is 2.29. The molecule has 1 aromatic rings. The number of rotatable bonds is 1. The predicted octanol–water partition coefficient (Wildman–Crippen LogP) is 2.93. The van der Waals surface area contributed by atoms with Gasteiger partial charge in [-0.25, -0.2) is 4.79 Å². The Bertz CT molecular complexity index is 409. The summed E-state index contributed by atoms with van der Waals surface area (Å²) in [5.74, 6) is 0. The van der Waals surface area contributed by atoms with Crippen molar-refractivity contribution in [2.24, 2.45) is 0 Å². The summed E-state index contributed by atoms with van der Waals surface area (Å²) in [6, 6.07) is 8.30. The van der Waals surface area contributed by atoms with Crippen LogP contribution < -0.4 is 0 Å². The molecule has 0 heterocycles. The summed E-state index contributed by atoms with van der Waals surface area (Å²) in [5.41, 5.74) is 2.22. The maximum Gasteiger partial charge on any atom is 0.408 e. The van der Waals surface area contributed by atoms with Crippen molar-refractivity contribution in [3.05, 3.63) is 35.4 Å². The van der Waals surface area contributed by atoms with E-state index in [1.807, 2.05) is 32.9 Å². The van der Waals surface area contributed by atoms with Crippen molar-refractivity contribution in [1.82, 2.24) is 4.90 Å². The third-order valence-electron chi connectivity index (χ3n) is 3.32. The van der Waals surface area contributed by atoms with Crippen molar-refractivity contribution in [3.63, 3.8) is 0 Å². The van der Waals surface area contributed by atoms with E-state index in [-0.39, 0.29) is 11.6 Å². The SMILES string of the molecule is CC(C)(C)N(C(=O)O)C1Cc2ccccc2C1. The molecule has 0 aliphatic heterocycles. The molecule has 0 fully saturated rings. The second-order valence-electron chi connectivity index (χ2n) is 5.65. The van der Waals surface area contributed by atoms with E-state index >= 15 is 0 Å². The van der Waals surface area contributed by atoms with Gasteiger partial charge >= 0.3 is 6.09 Å². The number of hydrogen-bond acceptors (Lipinski definition) is 1. The van der Waals surface area contributed by atoms with Crippen LogP contribution in [0.25, 0.3) is 0 Å². The van der Waals surface area contributed by atoms with E-state index in [0.29, 0.717) is 0 Å². The van der Waals surface area contributed by atoms with Crippen LogP contribution in [0.1, 0.15) is 31.9 Å². The molecule has 0 saturated heterocycles. The Labute approximate surface area is 102 Å². The highest BCUT2D eigenvalue weighted by molar-refractivity contribution is 5.67. The van der Waals surface area contributed by atoms with Crippen LogP contribution in [0.15, 0.2) is 24.3 Å². The largest absolute Gasteiger partial charge is 0.465 e. The zero-order valence-corrected chi connectivity index (χ0v) is 10.6. The van der Waals surface area contributed by atoms with Gasteiger partial charge in [-0.15, -0.1) is 0 Å². The van der Waals surface area contributed by atoms with Crippen molar-refractivity contribution < 1.29 is 9.90 Å². The van der Waals surface area contributed by atoms with Crippen molar-refractivity contribution in [1.29, 1.82) is 0 Å². The van der Waals surface area contributed by atoms with E-state index in [1.165, 1.54) is 11.1 Å². The Kier molecular flexibility index (Phi) is 2.86. The lowest BCUT2D eigenvalue weighted by Crippen LogP contribution is -2.51. The van der Waals surface area contributed by atoms with Gasteiger partial charge in [0.1, 0.15) is 0 Å². The van der Waals surface area contributed by atoms with Crippen molar-refractivity contribution in [2.45, 2.75) is 45.2 Å². The zero-order chi connectivity index (χ0) is 12.6. The monoisotopic (exact) mass is 233 g/mol. The normalized spacial score (nSPS) is 15.7. The van der Waals surface area contributed by atoms with Gasteiger partial charge in [0.25, 0.3) is 0 Å². The molecule has 1 N–H and O–H groups in total. The number of fused-ring (bicyclic) bond motifs is 1. The fraction of sp³-hybridized carbons (Fsp3) is 0.500. The smallest absolute Gasteiger partial charge is 0.408 e.